The van der Waals surface area contributed by atoms with E-state index < -0.39 is 0 Å². The number of pyridine rings is 1. The number of hydrogen-bond acceptors (Lipinski definition) is 3. The maximum Gasteiger partial charge on any atom is 0.0582 e. The first-order valence-corrected chi connectivity index (χ1v) is 5.53. The molecule has 1 aromatic heterocycles. The van der Waals surface area contributed by atoms with Crippen LogP contribution in [0.4, 0.5) is 5.69 Å². The molecule has 3 heteroatoms. The van der Waals surface area contributed by atoms with Crippen molar-refractivity contribution in [2.75, 3.05) is 38.1 Å². The van der Waals surface area contributed by atoms with E-state index >= 15 is 0 Å². The highest BCUT2D eigenvalue weighted by Crippen LogP contribution is 2.41. The highest BCUT2D eigenvalue weighted by Gasteiger charge is 2.50. The molecular formula is C12H17N3. The molecule has 2 saturated heterocycles. The van der Waals surface area contributed by atoms with Crippen LogP contribution in [0.2, 0.25) is 0 Å². The smallest absolute Gasteiger partial charge is 0.0582 e. The lowest BCUT2D eigenvalue weighted by atomic mass is 9.73. The van der Waals surface area contributed by atoms with Crippen LogP contribution in [0.15, 0.2) is 18.5 Å². The van der Waals surface area contributed by atoms with Crippen LogP contribution in [0.3, 0.4) is 0 Å². The summed E-state index contributed by atoms with van der Waals surface area (Å²) in [4.78, 5) is 9.05. The molecule has 2 aliphatic heterocycles. The van der Waals surface area contributed by atoms with Crippen LogP contribution >= 0.6 is 0 Å². The van der Waals surface area contributed by atoms with E-state index in [0.29, 0.717) is 5.41 Å². The van der Waals surface area contributed by atoms with Crippen LogP contribution < -0.4 is 4.90 Å². The number of hydrogen-bond donors (Lipinski definition) is 0. The second-order valence-electron chi connectivity index (χ2n) is 5.19. The van der Waals surface area contributed by atoms with Crippen molar-refractivity contribution in [2.24, 2.45) is 5.41 Å². The van der Waals surface area contributed by atoms with E-state index in [0.717, 1.165) is 0 Å². The third-order valence-electron chi connectivity index (χ3n) is 3.62. The zero-order valence-electron chi connectivity index (χ0n) is 9.40. The Morgan fingerprint density at radius 2 is 2.00 bits per heavy atom. The Balaban J connectivity index is 1.70. The predicted molar refractivity (Wildman–Crippen MR) is 61.1 cm³/mol. The monoisotopic (exact) mass is 203 g/mol. The van der Waals surface area contributed by atoms with E-state index in [1.54, 1.807) is 0 Å². The Kier molecular flexibility index (Phi) is 1.80. The van der Waals surface area contributed by atoms with Crippen LogP contribution in [0, 0.1) is 12.3 Å². The fraction of sp³-hybridized carbons (Fsp3) is 0.583. The minimum atomic E-state index is 0.608. The largest absolute Gasteiger partial charge is 0.369 e. The number of aryl methyl sites for hydroxylation is 1. The molecule has 0 saturated carbocycles. The maximum atomic E-state index is 4.20. The van der Waals surface area contributed by atoms with Gasteiger partial charge in [0.05, 0.1) is 11.9 Å². The van der Waals surface area contributed by atoms with E-state index in [4.69, 9.17) is 0 Å². The molecule has 15 heavy (non-hydrogen) atoms. The summed E-state index contributed by atoms with van der Waals surface area (Å²) >= 11 is 0. The fourth-order valence-electron chi connectivity index (χ4n) is 3.02. The van der Waals surface area contributed by atoms with E-state index in [-0.39, 0.29) is 0 Å². The number of likely N-dealkylation sites (tertiary alicyclic amines) is 1. The molecule has 0 unspecified atom stereocenters. The van der Waals surface area contributed by atoms with Gasteiger partial charge in [-0.2, -0.15) is 0 Å². The standard InChI is InChI=1S/C12H17N3/c1-10-3-4-13-5-11(10)15-8-12(9-15)6-14(2)7-12/h3-5H,6-9H2,1-2H3. The number of anilines is 1. The van der Waals surface area contributed by atoms with Gasteiger partial charge in [0.1, 0.15) is 0 Å². The van der Waals surface area contributed by atoms with Gasteiger partial charge in [0, 0.05) is 37.8 Å². The maximum absolute atomic E-state index is 4.20. The zero-order chi connectivity index (χ0) is 10.5. The molecule has 3 rings (SSSR count). The molecule has 0 aliphatic carbocycles. The van der Waals surface area contributed by atoms with Crippen LogP contribution in [-0.2, 0) is 0 Å². The second kappa shape index (κ2) is 2.95. The Bertz CT molecular complexity index is 374. The minimum Gasteiger partial charge on any atom is -0.369 e. The van der Waals surface area contributed by atoms with Gasteiger partial charge < -0.3 is 9.80 Å². The Morgan fingerprint density at radius 1 is 1.27 bits per heavy atom. The van der Waals surface area contributed by atoms with Crippen molar-refractivity contribution in [3.05, 3.63) is 24.0 Å². The highest BCUT2D eigenvalue weighted by molar-refractivity contribution is 5.54. The SMILES string of the molecule is Cc1ccncc1N1CC2(CN(C)C2)C1. The van der Waals surface area contributed by atoms with E-state index in [2.05, 4.69) is 34.8 Å². The van der Waals surface area contributed by atoms with Gasteiger partial charge >= 0.3 is 0 Å². The van der Waals surface area contributed by atoms with Crippen molar-refractivity contribution in [1.82, 2.24) is 9.88 Å². The molecule has 1 aromatic rings. The van der Waals surface area contributed by atoms with Gasteiger partial charge in [0.25, 0.3) is 0 Å². The van der Waals surface area contributed by atoms with Crippen LogP contribution in [-0.4, -0.2) is 43.1 Å². The summed E-state index contributed by atoms with van der Waals surface area (Å²) in [7, 11) is 2.20. The van der Waals surface area contributed by atoms with E-state index in [1.807, 2.05) is 12.4 Å². The van der Waals surface area contributed by atoms with Gasteiger partial charge in [-0.1, -0.05) is 0 Å². The first kappa shape index (κ1) is 9.16. The summed E-state index contributed by atoms with van der Waals surface area (Å²) in [6.07, 6.45) is 3.86. The van der Waals surface area contributed by atoms with Crippen molar-refractivity contribution in [1.29, 1.82) is 0 Å². The molecule has 0 bridgehead atoms. The van der Waals surface area contributed by atoms with Crippen molar-refractivity contribution >= 4 is 5.69 Å². The summed E-state index contributed by atoms with van der Waals surface area (Å²) in [6.45, 7) is 7.12. The van der Waals surface area contributed by atoms with Gasteiger partial charge in [0.2, 0.25) is 0 Å². The molecule has 2 aliphatic rings. The van der Waals surface area contributed by atoms with Crippen LogP contribution in [0.5, 0.6) is 0 Å². The van der Waals surface area contributed by atoms with Crippen molar-refractivity contribution < 1.29 is 0 Å². The van der Waals surface area contributed by atoms with Gasteiger partial charge in [-0.05, 0) is 25.6 Å². The third-order valence-corrected chi connectivity index (χ3v) is 3.62. The van der Waals surface area contributed by atoms with Gasteiger partial charge in [0.15, 0.2) is 0 Å². The molecular weight excluding hydrogens is 186 g/mol. The van der Waals surface area contributed by atoms with Crippen molar-refractivity contribution in [3.63, 3.8) is 0 Å². The number of nitrogens with zero attached hydrogens (tertiary/aromatic N) is 3. The lowest BCUT2D eigenvalue weighted by Gasteiger charge is -2.60. The van der Waals surface area contributed by atoms with E-state index in [1.165, 1.54) is 37.4 Å². The first-order valence-electron chi connectivity index (χ1n) is 5.53. The van der Waals surface area contributed by atoms with Crippen molar-refractivity contribution in [3.8, 4) is 0 Å². The molecule has 1 spiro atoms. The summed E-state index contributed by atoms with van der Waals surface area (Å²) in [5.41, 5.74) is 3.27. The minimum absolute atomic E-state index is 0.608. The highest BCUT2D eigenvalue weighted by atomic mass is 15.3. The Labute approximate surface area is 90.7 Å². The quantitative estimate of drug-likeness (QED) is 0.682. The number of aromatic nitrogens is 1. The molecule has 0 amide bonds. The fourth-order valence-corrected chi connectivity index (χ4v) is 3.02. The average molecular weight is 203 g/mol. The van der Waals surface area contributed by atoms with E-state index in [9.17, 15) is 0 Å². The van der Waals surface area contributed by atoms with Crippen LogP contribution in [0.25, 0.3) is 0 Å². The summed E-state index contributed by atoms with van der Waals surface area (Å²) < 4.78 is 0. The molecule has 3 nitrogen and oxygen atoms in total. The second-order valence-corrected chi connectivity index (χ2v) is 5.19. The summed E-state index contributed by atoms with van der Waals surface area (Å²) in [5.74, 6) is 0. The van der Waals surface area contributed by atoms with Gasteiger partial charge in [-0.3, -0.25) is 4.98 Å². The number of rotatable bonds is 1. The van der Waals surface area contributed by atoms with Gasteiger partial charge in [-0.25, -0.2) is 0 Å². The zero-order valence-corrected chi connectivity index (χ0v) is 9.40. The first-order chi connectivity index (χ1) is 7.19. The van der Waals surface area contributed by atoms with Gasteiger partial charge in [-0.15, -0.1) is 0 Å². The molecule has 0 N–H and O–H groups in total. The topological polar surface area (TPSA) is 19.4 Å². The molecule has 2 fully saturated rings. The molecule has 0 atom stereocenters. The lowest BCUT2D eigenvalue weighted by molar-refractivity contribution is -0.00247. The lowest BCUT2D eigenvalue weighted by Crippen LogP contribution is -2.71. The summed E-state index contributed by atoms with van der Waals surface area (Å²) in [5, 5.41) is 0. The summed E-state index contributed by atoms with van der Waals surface area (Å²) in [6, 6.07) is 2.09. The predicted octanol–water partition coefficient (Wildman–Crippen LogP) is 1.14. The van der Waals surface area contributed by atoms with Crippen LogP contribution in [0.1, 0.15) is 5.56 Å². The molecule has 0 aromatic carbocycles. The third kappa shape index (κ3) is 1.34. The van der Waals surface area contributed by atoms with Crippen molar-refractivity contribution in [2.45, 2.75) is 6.92 Å². The Hall–Kier alpha value is -1.09. The molecule has 0 radical (unpaired) electrons. The molecule has 3 heterocycles. The normalized spacial score (nSPS) is 23.7. The molecule has 80 valence electrons. The average Bonchev–Trinajstić information content (AvgIpc) is 2.10. The Morgan fingerprint density at radius 3 is 2.60 bits per heavy atom.